The normalized spacial score (nSPS) is 29.3. The summed E-state index contributed by atoms with van der Waals surface area (Å²) in [6, 6.07) is 0. The van der Waals surface area contributed by atoms with Crippen LogP contribution in [0.15, 0.2) is 12.2 Å². The molecule has 2 aliphatic heterocycles. The van der Waals surface area contributed by atoms with E-state index < -0.39 is 11.4 Å². The Labute approximate surface area is 154 Å². The Bertz CT molecular complexity index is 413. The fourth-order valence-electron chi connectivity index (χ4n) is 3.57. The molecule has 6 heteroatoms. The lowest BCUT2D eigenvalue weighted by molar-refractivity contribution is -0.190. The molecule has 2 aliphatic rings. The average Bonchev–Trinajstić information content (AvgIpc) is 3.03. The summed E-state index contributed by atoms with van der Waals surface area (Å²) in [5.41, 5.74) is 0.410. The van der Waals surface area contributed by atoms with Crippen LogP contribution in [0, 0.1) is 0 Å². The summed E-state index contributed by atoms with van der Waals surface area (Å²) in [6.07, 6.45) is 6.18. The number of aliphatic hydroxyl groups excluding tert-OH is 1. The molecule has 140 valence electrons. The highest BCUT2D eigenvalue weighted by atomic mass is 33.1. The minimum absolute atomic E-state index is 0.126. The summed E-state index contributed by atoms with van der Waals surface area (Å²) in [7, 11) is 3.67. The molecule has 2 unspecified atom stereocenters. The third kappa shape index (κ3) is 4.92. The highest BCUT2D eigenvalue weighted by Crippen LogP contribution is 2.55. The molecule has 0 amide bonds. The molecule has 2 saturated heterocycles. The van der Waals surface area contributed by atoms with Gasteiger partial charge in [0.1, 0.15) is 0 Å². The van der Waals surface area contributed by atoms with Crippen LogP contribution in [0.5, 0.6) is 0 Å². The second kappa shape index (κ2) is 8.78. The van der Waals surface area contributed by atoms with E-state index >= 15 is 0 Å². The molecule has 0 bridgehead atoms. The van der Waals surface area contributed by atoms with Crippen molar-refractivity contribution < 1.29 is 19.7 Å². The van der Waals surface area contributed by atoms with E-state index in [9.17, 15) is 10.2 Å². The first-order valence-corrected chi connectivity index (χ1v) is 11.2. The Balaban J connectivity index is 2.05. The minimum Gasteiger partial charge on any atom is -0.391 e. The first kappa shape index (κ1) is 20.6. The van der Waals surface area contributed by atoms with Crippen LogP contribution in [0.4, 0.5) is 0 Å². The van der Waals surface area contributed by atoms with E-state index in [2.05, 4.69) is 6.58 Å². The first-order valence-electron chi connectivity index (χ1n) is 8.91. The molecular formula is C18H32O4S2. The van der Waals surface area contributed by atoms with Crippen LogP contribution in [0.1, 0.15) is 58.8 Å². The van der Waals surface area contributed by atoms with E-state index in [-0.39, 0.29) is 11.4 Å². The van der Waals surface area contributed by atoms with Crippen molar-refractivity contribution in [2.24, 2.45) is 0 Å². The predicted octanol–water partition coefficient (Wildman–Crippen LogP) is 3.91. The van der Waals surface area contributed by atoms with Gasteiger partial charge in [-0.25, -0.2) is 0 Å². The molecule has 0 aromatic carbocycles. The van der Waals surface area contributed by atoms with Crippen molar-refractivity contribution in [2.45, 2.75) is 74.9 Å². The molecule has 0 aromatic heterocycles. The number of aliphatic hydroxyl groups is 2. The second-order valence-electron chi connectivity index (χ2n) is 7.35. The maximum atomic E-state index is 11.3. The van der Waals surface area contributed by atoms with Crippen LogP contribution < -0.4 is 0 Å². The zero-order valence-electron chi connectivity index (χ0n) is 15.0. The quantitative estimate of drug-likeness (QED) is 0.470. The molecule has 2 rings (SSSR count). The zero-order chi connectivity index (χ0) is 17.7. The Kier molecular flexibility index (Phi) is 7.53. The van der Waals surface area contributed by atoms with Gasteiger partial charge >= 0.3 is 0 Å². The van der Waals surface area contributed by atoms with Gasteiger partial charge in [0.05, 0.1) is 30.2 Å². The number of allylic oxidation sites excluding steroid dienone is 1. The Hall–Kier alpha value is 0.280. The Morgan fingerprint density at radius 1 is 1.29 bits per heavy atom. The van der Waals surface area contributed by atoms with Gasteiger partial charge in [-0.1, -0.05) is 27.2 Å². The van der Waals surface area contributed by atoms with Gasteiger partial charge in [0, 0.05) is 12.2 Å². The largest absolute Gasteiger partial charge is 0.391 e. The number of hydrogen-bond donors (Lipinski definition) is 2. The van der Waals surface area contributed by atoms with E-state index in [0.29, 0.717) is 19.6 Å². The molecular weight excluding hydrogens is 344 g/mol. The van der Waals surface area contributed by atoms with Crippen molar-refractivity contribution in [3.63, 3.8) is 0 Å². The van der Waals surface area contributed by atoms with Crippen LogP contribution in [-0.2, 0) is 9.47 Å². The van der Waals surface area contributed by atoms with Crippen LogP contribution in [0.3, 0.4) is 0 Å². The summed E-state index contributed by atoms with van der Waals surface area (Å²) in [5, 5.41) is 21.0. The molecule has 2 atom stereocenters. The zero-order valence-corrected chi connectivity index (χ0v) is 16.6. The molecule has 24 heavy (non-hydrogen) atoms. The molecule has 0 radical (unpaired) electrons. The monoisotopic (exact) mass is 376 g/mol. The van der Waals surface area contributed by atoms with Gasteiger partial charge in [-0.3, -0.25) is 0 Å². The molecule has 2 heterocycles. The fraction of sp³-hybridized carbons (Fsp3) is 0.889. The number of hydrogen-bond acceptors (Lipinski definition) is 6. The minimum atomic E-state index is -0.872. The topological polar surface area (TPSA) is 58.9 Å². The molecule has 2 fully saturated rings. The second-order valence-corrected chi connectivity index (χ2v) is 10.2. The van der Waals surface area contributed by atoms with Gasteiger partial charge in [0.2, 0.25) is 0 Å². The van der Waals surface area contributed by atoms with Crippen molar-refractivity contribution in [3.8, 4) is 0 Å². The smallest absolute Gasteiger partial charge is 0.191 e. The molecule has 2 N–H and O–H groups in total. The third-order valence-corrected chi connectivity index (χ3v) is 8.79. The van der Waals surface area contributed by atoms with Crippen LogP contribution in [-0.4, -0.2) is 51.9 Å². The van der Waals surface area contributed by atoms with E-state index in [4.69, 9.17) is 9.47 Å². The average molecular weight is 377 g/mol. The summed E-state index contributed by atoms with van der Waals surface area (Å²) >= 11 is 0. The predicted molar refractivity (Wildman–Crippen MR) is 102 cm³/mol. The number of ether oxygens (including phenoxy) is 2. The molecule has 0 aromatic rings. The molecule has 0 aliphatic carbocycles. The highest BCUT2D eigenvalue weighted by Gasteiger charge is 2.50. The SMILES string of the molecule is C=C(C)CCCC(C)(O)C1(CCC2(CO)OCCO2)CCCSS1. The third-order valence-electron chi connectivity index (χ3n) is 5.24. The summed E-state index contributed by atoms with van der Waals surface area (Å²) < 4.78 is 11.1. The van der Waals surface area contributed by atoms with Crippen molar-refractivity contribution in [1.82, 2.24) is 0 Å². The standard InChI is InChI=1S/C18H32O4S2/c1-15(2)6-4-7-16(3,20)17(8-5-13-23-24-17)9-10-18(14-19)21-11-12-22-18/h19-20H,1,4-14H2,2-3H3. The Morgan fingerprint density at radius 3 is 2.54 bits per heavy atom. The van der Waals surface area contributed by atoms with Gasteiger partial charge < -0.3 is 19.7 Å². The van der Waals surface area contributed by atoms with Gasteiger partial charge in [-0.15, -0.1) is 6.58 Å². The summed E-state index contributed by atoms with van der Waals surface area (Å²) in [6.45, 7) is 8.92. The van der Waals surface area contributed by atoms with Crippen LogP contribution in [0.2, 0.25) is 0 Å². The van der Waals surface area contributed by atoms with Crippen molar-refractivity contribution in [2.75, 3.05) is 25.6 Å². The van der Waals surface area contributed by atoms with E-state index in [1.54, 1.807) is 0 Å². The maximum absolute atomic E-state index is 11.3. The summed E-state index contributed by atoms with van der Waals surface area (Å²) in [4.78, 5) is 0. The van der Waals surface area contributed by atoms with Crippen molar-refractivity contribution in [1.29, 1.82) is 0 Å². The van der Waals surface area contributed by atoms with Gasteiger partial charge in [0.15, 0.2) is 5.79 Å². The van der Waals surface area contributed by atoms with Crippen LogP contribution in [0.25, 0.3) is 0 Å². The van der Waals surface area contributed by atoms with Crippen LogP contribution >= 0.6 is 21.6 Å². The molecule has 4 nitrogen and oxygen atoms in total. The number of rotatable bonds is 9. The fourth-order valence-corrected chi connectivity index (χ4v) is 7.16. The lowest BCUT2D eigenvalue weighted by Gasteiger charge is -2.48. The van der Waals surface area contributed by atoms with Gasteiger partial charge in [0.25, 0.3) is 0 Å². The highest BCUT2D eigenvalue weighted by molar-refractivity contribution is 8.77. The van der Waals surface area contributed by atoms with Gasteiger partial charge in [-0.05, 0) is 52.4 Å². The molecule has 0 saturated carbocycles. The van der Waals surface area contributed by atoms with Crippen molar-refractivity contribution >= 4 is 21.6 Å². The maximum Gasteiger partial charge on any atom is 0.191 e. The van der Waals surface area contributed by atoms with E-state index in [1.165, 1.54) is 0 Å². The summed E-state index contributed by atoms with van der Waals surface area (Å²) in [5.74, 6) is 0.260. The lowest BCUT2D eigenvalue weighted by atomic mass is 9.77. The first-order chi connectivity index (χ1) is 11.3. The Morgan fingerprint density at radius 2 is 2.00 bits per heavy atom. The lowest BCUT2D eigenvalue weighted by Crippen LogP contribution is -2.51. The molecule has 0 spiro atoms. The van der Waals surface area contributed by atoms with Crippen molar-refractivity contribution in [3.05, 3.63) is 12.2 Å². The van der Waals surface area contributed by atoms with E-state index in [0.717, 1.165) is 49.9 Å². The van der Waals surface area contributed by atoms with E-state index in [1.807, 2.05) is 35.4 Å². The van der Waals surface area contributed by atoms with Gasteiger partial charge in [-0.2, -0.15) is 0 Å².